The Morgan fingerprint density at radius 2 is 2.00 bits per heavy atom. The summed E-state index contributed by atoms with van der Waals surface area (Å²) in [4.78, 5) is 12.7. The quantitative estimate of drug-likeness (QED) is 0.759. The van der Waals surface area contributed by atoms with Gasteiger partial charge < -0.3 is 14.8 Å². The lowest BCUT2D eigenvalue weighted by atomic mass is 10.1. The molecule has 0 aliphatic carbocycles. The van der Waals surface area contributed by atoms with Crippen LogP contribution in [0.15, 0.2) is 48.5 Å². The number of rotatable bonds is 3. The van der Waals surface area contributed by atoms with Gasteiger partial charge in [0, 0.05) is 22.2 Å². The lowest BCUT2D eigenvalue weighted by Crippen LogP contribution is -2.17. The summed E-state index contributed by atoms with van der Waals surface area (Å²) in [5.74, 6) is 1.10. The summed E-state index contributed by atoms with van der Waals surface area (Å²) < 4.78 is 12.3. The summed E-state index contributed by atoms with van der Waals surface area (Å²) in [5, 5.41) is 8.00. The van der Waals surface area contributed by atoms with E-state index in [2.05, 4.69) is 10.4 Å². The highest BCUT2D eigenvalue weighted by molar-refractivity contribution is 6.30. The van der Waals surface area contributed by atoms with E-state index in [9.17, 15) is 4.79 Å². The number of nitrogens with zero attached hydrogens (tertiary/aromatic N) is 2. The molecule has 0 unspecified atom stereocenters. The van der Waals surface area contributed by atoms with Crippen LogP contribution in [0, 0.1) is 6.92 Å². The molecule has 1 aliphatic rings. The minimum atomic E-state index is -0.228. The Morgan fingerprint density at radius 1 is 1.19 bits per heavy atom. The molecule has 1 aromatic heterocycles. The van der Waals surface area contributed by atoms with Crippen molar-refractivity contribution in [3.05, 3.63) is 70.4 Å². The monoisotopic (exact) mass is 369 g/mol. The number of carbonyl (C=O) groups excluding carboxylic acids is 1. The molecule has 0 bridgehead atoms. The molecular formula is C19H16ClN3O3. The molecule has 0 saturated carbocycles. The first-order valence-electron chi connectivity index (χ1n) is 8.07. The van der Waals surface area contributed by atoms with Gasteiger partial charge in [-0.05, 0) is 49.4 Å². The third-order valence-electron chi connectivity index (χ3n) is 4.02. The van der Waals surface area contributed by atoms with E-state index in [4.69, 9.17) is 21.1 Å². The van der Waals surface area contributed by atoms with Crippen LogP contribution in [0.3, 0.4) is 0 Å². The van der Waals surface area contributed by atoms with Crippen molar-refractivity contribution in [2.75, 3.05) is 12.1 Å². The van der Waals surface area contributed by atoms with Gasteiger partial charge in [-0.2, -0.15) is 5.10 Å². The molecular weight excluding hydrogens is 354 g/mol. The molecule has 1 amide bonds. The lowest BCUT2D eigenvalue weighted by molar-refractivity contribution is -0.0163. The number of amides is 1. The molecule has 7 heteroatoms. The predicted molar refractivity (Wildman–Crippen MR) is 98.0 cm³/mol. The molecule has 26 heavy (non-hydrogen) atoms. The Balaban J connectivity index is 1.61. The van der Waals surface area contributed by atoms with Crippen LogP contribution in [0.5, 0.6) is 5.75 Å². The lowest BCUT2D eigenvalue weighted by Gasteiger charge is -2.18. The maximum Gasteiger partial charge on any atom is 0.256 e. The second kappa shape index (κ2) is 6.82. The van der Waals surface area contributed by atoms with Gasteiger partial charge in [0.1, 0.15) is 11.6 Å². The molecule has 0 atom stereocenters. The Labute approximate surface area is 155 Å². The van der Waals surface area contributed by atoms with Gasteiger partial charge in [-0.25, -0.2) is 4.68 Å². The Kier molecular flexibility index (Phi) is 4.36. The molecule has 2 aromatic carbocycles. The molecule has 0 saturated heterocycles. The smallest absolute Gasteiger partial charge is 0.256 e. The minimum absolute atomic E-state index is 0.228. The number of anilines is 1. The van der Waals surface area contributed by atoms with Crippen molar-refractivity contribution in [2.24, 2.45) is 0 Å². The fourth-order valence-corrected chi connectivity index (χ4v) is 2.91. The Hall–Kier alpha value is -2.83. The van der Waals surface area contributed by atoms with E-state index in [0.29, 0.717) is 23.0 Å². The number of hydrogen-bond donors (Lipinski definition) is 1. The van der Waals surface area contributed by atoms with Crippen LogP contribution >= 0.6 is 11.6 Å². The van der Waals surface area contributed by atoms with Gasteiger partial charge in [-0.1, -0.05) is 11.6 Å². The van der Waals surface area contributed by atoms with Crippen LogP contribution in [0.1, 0.15) is 21.6 Å². The van der Waals surface area contributed by atoms with Crippen molar-refractivity contribution in [2.45, 2.75) is 13.5 Å². The number of aromatic nitrogens is 2. The van der Waals surface area contributed by atoms with E-state index in [-0.39, 0.29) is 12.7 Å². The van der Waals surface area contributed by atoms with Crippen molar-refractivity contribution in [3.8, 4) is 11.4 Å². The number of carbonyl (C=O) groups is 1. The number of nitrogens with one attached hydrogen (secondary N) is 1. The number of ether oxygens (including phenoxy) is 2. The van der Waals surface area contributed by atoms with Gasteiger partial charge in [0.15, 0.2) is 6.79 Å². The SMILES string of the molecule is Cc1cc(NC(=O)c2ccc3c(c2)COCO3)n(-c2ccc(Cl)cc2)n1. The third-order valence-corrected chi connectivity index (χ3v) is 4.27. The predicted octanol–water partition coefficient (Wildman–Crippen LogP) is 3.95. The maximum absolute atomic E-state index is 12.7. The minimum Gasteiger partial charge on any atom is -0.467 e. The molecule has 1 N–H and O–H groups in total. The summed E-state index contributed by atoms with van der Waals surface area (Å²) in [6.07, 6.45) is 0. The number of halogens is 1. The van der Waals surface area contributed by atoms with Crippen molar-refractivity contribution >= 4 is 23.3 Å². The molecule has 1 aliphatic heterocycles. The molecule has 132 valence electrons. The average Bonchev–Trinajstić information content (AvgIpc) is 3.02. The molecule has 0 radical (unpaired) electrons. The number of hydrogen-bond acceptors (Lipinski definition) is 4. The number of fused-ring (bicyclic) bond motifs is 1. The van der Waals surface area contributed by atoms with Gasteiger partial charge in [0.2, 0.25) is 0 Å². The first kappa shape index (κ1) is 16.6. The Morgan fingerprint density at radius 3 is 2.81 bits per heavy atom. The molecule has 4 rings (SSSR count). The molecule has 6 nitrogen and oxygen atoms in total. The normalized spacial score (nSPS) is 13.0. The van der Waals surface area contributed by atoms with Crippen LogP contribution in [0.25, 0.3) is 5.69 Å². The van der Waals surface area contributed by atoms with Crippen molar-refractivity contribution < 1.29 is 14.3 Å². The Bertz CT molecular complexity index is 967. The van der Waals surface area contributed by atoms with Gasteiger partial charge >= 0.3 is 0 Å². The highest BCUT2D eigenvalue weighted by atomic mass is 35.5. The number of aryl methyl sites for hydroxylation is 1. The second-order valence-corrected chi connectivity index (χ2v) is 6.38. The van der Waals surface area contributed by atoms with Gasteiger partial charge in [0.25, 0.3) is 5.91 Å². The van der Waals surface area contributed by atoms with E-state index in [1.807, 2.05) is 25.1 Å². The van der Waals surface area contributed by atoms with Crippen LogP contribution < -0.4 is 10.1 Å². The highest BCUT2D eigenvalue weighted by Gasteiger charge is 2.16. The zero-order valence-corrected chi connectivity index (χ0v) is 14.8. The van der Waals surface area contributed by atoms with Gasteiger partial charge in [-0.3, -0.25) is 4.79 Å². The molecule has 0 fully saturated rings. The average molecular weight is 370 g/mol. The van der Waals surface area contributed by atoms with Crippen molar-refractivity contribution in [1.82, 2.24) is 9.78 Å². The first-order chi connectivity index (χ1) is 12.6. The highest BCUT2D eigenvalue weighted by Crippen LogP contribution is 2.25. The van der Waals surface area contributed by atoms with Crippen LogP contribution in [-0.2, 0) is 11.3 Å². The van der Waals surface area contributed by atoms with E-state index >= 15 is 0 Å². The molecule has 3 aromatic rings. The largest absolute Gasteiger partial charge is 0.467 e. The summed E-state index contributed by atoms with van der Waals surface area (Å²) in [6, 6.07) is 14.4. The third kappa shape index (κ3) is 3.29. The zero-order valence-electron chi connectivity index (χ0n) is 14.0. The van der Waals surface area contributed by atoms with E-state index < -0.39 is 0 Å². The summed E-state index contributed by atoms with van der Waals surface area (Å²) in [7, 11) is 0. The standard InChI is InChI=1S/C19H16ClN3O3/c1-12-8-18(23(22-12)16-5-3-15(20)4-6-16)21-19(24)13-2-7-17-14(9-13)10-25-11-26-17/h2-9H,10-11H2,1H3,(H,21,24). The van der Waals surface area contributed by atoms with Crippen LogP contribution in [-0.4, -0.2) is 22.5 Å². The van der Waals surface area contributed by atoms with Crippen molar-refractivity contribution in [1.29, 1.82) is 0 Å². The topological polar surface area (TPSA) is 65.4 Å². The van der Waals surface area contributed by atoms with E-state index in [1.54, 1.807) is 35.0 Å². The van der Waals surface area contributed by atoms with Gasteiger partial charge in [-0.15, -0.1) is 0 Å². The maximum atomic E-state index is 12.7. The zero-order chi connectivity index (χ0) is 18.1. The van der Waals surface area contributed by atoms with Crippen LogP contribution in [0.2, 0.25) is 5.02 Å². The summed E-state index contributed by atoms with van der Waals surface area (Å²) >= 11 is 5.95. The van der Waals surface area contributed by atoms with E-state index in [1.165, 1.54) is 0 Å². The van der Waals surface area contributed by atoms with Crippen LogP contribution in [0.4, 0.5) is 5.82 Å². The fraction of sp³-hybridized carbons (Fsp3) is 0.158. The summed E-state index contributed by atoms with van der Waals surface area (Å²) in [5.41, 5.74) is 2.98. The molecule has 2 heterocycles. The fourth-order valence-electron chi connectivity index (χ4n) is 2.79. The first-order valence-corrected chi connectivity index (χ1v) is 8.45. The number of benzene rings is 2. The molecule has 0 spiro atoms. The van der Waals surface area contributed by atoms with Crippen molar-refractivity contribution in [3.63, 3.8) is 0 Å². The van der Waals surface area contributed by atoms with E-state index in [0.717, 1.165) is 22.7 Å². The second-order valence-electron chi connectivity index (χ2n) is 5.95. The summed E-state index contributed by atoms with van der Waals surface area (Å²) in [6.45, 7) is 2.53. The van der Waals surface area contributed by atoms with Gasteiger partial charge in [0.05, 0.1) is 18.0 Å².